The normalized spacial score (nSPS) is 10.8. The Morgan fingerprint density at radius 2 is 1.93 bits per heavy atom. The highest BCUT2D eigenvalue weighted by molar-refractivity contribution is 7.99. The van der Waals surface area contributed by atoms with Gasteiger partial charge in [0, 0.05) is 17.7 Å². The molecule has 0 bridgehead atoms. The molecule has 3 rings (SSSR count). The Labute approximate surface area is 164 Å². The summed E-state index contributed by atoms with van der Waals surface area (Å²) in [6, 6.07) is 14.0. The molecular weight excluding hydrogens is 354 g/mol. The summed E-state index contributed by atoms with van der Waals surface area (Å²) in [4.78, 5) is 12.6. The van der Waals surface area contributed by atoms with Gasteiger partial charge in [-0.25, -0.2) is 0 Å². The van der Waals surface area contributed by atoms with E-state index in [1.165, 1.54) is 22.9 Å². The molecule has 0 aliphatic heterocycles. The van der Waals surface area contributed by atoms with Crippen LogP contribution in [0.1, 0.15) is 27.0 Å². The first-order valence-electron chi connectivity index (χ1n) is 8.84. The quantitative estimate of drug-likeness (QED) is 0.329. The highest BCUT2D eigenvalue weighted by Crippen LogP contribution is 2.25. The summed E-state index contributed by atoms with van der Waals surface area (Å²) in [6.07, 6.45) is 1.82. The van der Waals surface area contributed by atoms with E-state index in [0.29, 0.717) is 12.3 Å². The summed E-state index contributed by atoms with van der Waals surface area (Å²) < 4.78 is 2.00. The van der Waals surface area contributed by atoms with Gasteiger partial charge in [-0.15, -0.1) is 16.8 Å². The summed E-state index contributed by atoms with van der Waals surface area (Å²) in [6.45, 7) is 10.5. The number of nitrogens with zero attached hydrogens (tertiary/aromatic N) is 3. The van der Waals surface area contributed by atoms with Crippen molar-refractivity contribution in [1.29, 1.82) is 0 Å². The van der Waals surface area contributed by atoms with Crippen molar-refractivity contribution in [2.45, 2.75) is 32.5 Å². The van der Waals surface area contributed by atoms with Crippen LogP contribution in [0.3, 0.4) is 0 Å². The summed E-state index contributed by atoms with van der Waals surface area (Å²) in [5.74, 6) is 1.21. The third-order valence-electron chi connectivity index (χ3n) is 4.47. The number of hydrogen-bond acceptors (Lipinski definition) is 4. The number of carbonyl (C=O) groups is 1. The minimum absolute atomic E-state index is 0.0911. The largest absolute Gasteiger partial charge is 0.298 e. The van der Waals surface area contributed by atoms with Crippen molar-refractivity contribution in [3.05, 3.63) is 77.4 Å². The van der Waals surface area contributed by atoms with Gasteiger partial charge in [-0.1, -0.05) is 53.7 Å². The molecule has 1 heterocycles. The second-order valence-electron chi connectivity index (χ2n) is 6.59. The molecule has 0 saturated heterocycles. The van der Waals surface area contributed by atoms with E-state index in [9.17, 15) is 4.79 Å². The first kappa shape index (κ1) is 19.1. The van der Waals surface area contributed by atoms with E-state index in [-0.39, 0.29) is 5.78 Å². The smallest absolute Gasteiger partial charge is 0.192 e. The predicted octanol–water partition coefficient (Wildman–Crippen LogP) is 5.03. The van der Waals surface area contributed by atoms with Crippen LogP contribution in [0.15, 0.2) is 60.3 Å². The molecule has 0 N–H and O–H groups in total. The lowest BCUT2D eigenvalue weighted by molar-refractivity contribution is 0.102. The first-order valence-corrected chi connectivity index (χ1v) is 9.82. The summed E-state index contributed by atoms with van der Waals surface area (Å²) in [7, 11) is 0. The SMILES string of the molecule is C=CCn1c(SCC(=O)c2ccc(C)c(C)c2)nnc1-c1cccc(C)c1. The Morgan fingerprint density at radius 3 is 2.63 bits per heavy atom. The fourth-order valence-corrected chi connectivity index (χ4v) is 3.66. The van der Waals surface area contributed by atoms with Crippen molar-refractivity contribution >= 4 is 17.5 Å². The molecule has 0 radical (unpaired) electrons. The van der Waals surface area contributed by atoms with Crippen LogP contribution < -0.4 is 0 Å². The number of allylic oxidation sites excluding steroid dienone is 1. The number of thioether (sulfide) groups is 1. The number of ketones is 1. The topological polar surface area (TPSA) is 47.8 Å². The average Bonchev–Trinajstić information content (AvgIpc) is 3.05. The zero-order valence-electron chi connectivity index (χ0n) is 15.9. The van der Waals surface area contributed by atoms with Crippen molar-refractivity contribution in [2.24, 2.45) is 0 Å². The molecule has 0 spiro atoms. The van der Waals surface area contributed by atoms with Crippen molar-refractivity contribution in [1.82, 2.24) is 14.8 Å². The van der Waals surface area contributed by atoms with Gasteiger partial charge in [-0.3, -0.25) is 9.36 Å². The van der Waals surface area contributed by atoms with Gasteiger partial charge in [0.15, 0.2) is 16.8 Å². The molecule has 0 aliphatic rings. The van der Waals surface area contributed by atoms with E-state index in [4.69, 9.17) is 0 Å². The van der Waals surface area contributed by atoms with E-state index < -0.39 is 0 Å². The first-order chi connectivity index (χ1) is 13.0. The fraction of sp³-hybridized carbons (Fsp3) is 0.227. The monoisotopic (exact) mass is 377 g/mol. The van der Waals surface area contributed by atoms with E-state index in [2.05, 4.69) is 35.8 Å². The molecular formula is C22H23N3OS. The zero-order chi connectivity index (χ0) is 19.4. The molecule has 0 aliphatic carbocycles. The molecule has 5 heteroatoms. The molecule has 27 heavy (non-hydrogen) atoms. The van der Waals surface area contributed by atoms with Gasteiger partial charge < -0.3 is 0 Å². The van der Waals surface area contributed by atoms with Gasteiger partial charge in [-0.2, -0.15) is 0 Å². The van der Waals surface area contributed by atoms with Crippen LogP contribution in [0, 0.1) is 20.8 Å². The predicted molar refractivity (Wildman–Crippen MR) is 111 cm³/mol. The number of hydrogen-bond donors (Lipinski definition) is 0. The summed E-state index contributed by atoms with van der Waals surface area (Å²) >= 11 is 1.41. The summed E-state index contributed by atoms with van der Waals surface area (Å²) in [5.41, 5.74) is 5.23. The number of rotatable bonds is 7. The van der Waals surface area contributed by atoms with Crippen molar-refractivity contribution < 1.29 is 4.79 Å². The minimum Gasteiger partial charge on any atom is -0.298 e. The Hall–Kier alpha value is -2.66. The van der Waals surface area contributed by atoms with Gasteiger partial charge >= 0.3 is 0 Å². The Morgan fingerprint density at radius 1 is 1.11 bits per heavy atom. The molecule has 0 amide bonds. The second-order valence-corrected chi connectivity index (χ2v) is 7.53. The lowest BCUT2D eigenvalue weighted by Gasteiger charge is -2.08. The third-order valence-corrected chi connectivity index (χ3v) is 5.43. The van der Waals surface area contributed by atoms with Crippen LogP contribution in [-0.2, 0) is 6.54 Å². The molecule has 0 saturated carbocycles. The number of aromatic nitrogens is 3. The maximum Gasteiger partial charge on any atom is 0.192 e. The second kappa shape index (κ2) is 8.35. The molecule has 1 aromatic heterocycles. The lowest BCUT2D eigenvalue weighted by Crippen LogP contribution is -2.06. The third kappa shape index (κ3) is 4.37. The number of aryl methyl sites for hydroxylation is 3. The molecule has 0 fully saturated rings. The van der Waals surface area contributed by atoms with E-state index in [0.717, 1.165) is 27.7 Å². The van der Waals surface area contributed by atoms with Crippen LogP contribution >= 0.6 is 11.8 Å². The minimum atomic E-state index is 0.0911. The molecule has 2 aromatic carbocycles. The highest BCUT2D eigenvalue weighted by Gasteiger charge is 2.16. The lowest BCUT2D eigenvalue weighted by atomic mass is 10.0. The molecule has 3 aromatic rings. The number of carbonyl (C=O) groups excluding carboxylic acids is 1. The van der Waals surface area contributed by atoms with Gasteiger partial charge in [0.1, 0.15) is 0 Å². The Balaban J connectivity index is 1.81. The van der Waals surface area contributed by atoms with E-state index >= 15 is 0 Å². The number of benzene rings is 2. The van der Waals surface area contributed by atoms with Gasteiger partial charge in [-0.05, 0) is 44.0 Å². The molecule has 138 valence electrons. The number of Topliss-reactive ketones (excluding diaryl/α,β-unsaturated/α-hetero) is 1. The molecule has 0 unspecified atom stereocenters. The summed E-state index contributed by atoms with van der Waals surface area (Å²) in [5, 5.41) is 9.40. The van der Waals surface area contributed by atoms with Crippen LogP contribution in [-0.4, -0.2) is 26.3 Å². The Kier molecular flexibility index (Phi) is 5.91. The average molecular weight is 378 g/mol. The fourth-order valence-electron chi connectivity index (χ4n) is 2.82. The standard InChI is InChI=1S/C22H23N3OS/c1-5-11-25-21(19-8-6-7-15(2)12-19)23-24-22(25)27-14-20(26)18-10-9-16(3)17(4)13-18/h5-10,12-13H,1,11,14H2,2-4H3. The molecule has 4 nitrogen and oxygen atoms in total. The van der Waals surface area contributed by atoms with Crippen LogP contribution in [0.5, 0.6) is 0 Å². The van der Waals surface area contributed by atoms with Crippen molar-refractivity contribution in [3.8, 4) is 11.4 Å². The van der Waals surface area contributed by atoms with Gasteiger partial charge in [0.2, 0.25) is 0 Å². The maximum absolute atomic E-state index is 12.6. The van der Waals surface area contributed by atoms with Crippen molar-refractivity contribution in [2.75, 3.05) is 5.75 Å². The van der Waals surface area contributed by atoms with Crippen LogP contribution in [0.2, 0.25) is 0 Å². The Bertz CT molecular complexity index is 991. The zero-order valence-corrected chi connectivity index (χ0v) is 16.7. The van der Waals surface area contributed by atoms with Crippen LogP contribution in [0.25, 0.3) is 11.4 Å². The molecule has 0 atom stereocenters. The van der Waals surface area contributed by atoms with E-state index in [1.807, 2.05) is 54.8 Å². The maximum atomic E-state index is 12.6. The van der Waals surface area contributed by atoms with Gasteiger partial charge in [0.05, 0.1) is 5.75 Å². The van der Waals surface area contributed by atoms with E-state index in [1.54, 1.807) is 0 Å². The van der Waals surface area contributed by atoms with Crippen LogP contribution in [0.4, 0.5) is 0 Å². The highest BCUT2D eigenvalue weighted by atomic mass is 32.2. The van der Waals surface area contributed by atoms with Crippen molar-refractivity contribution in [3.63, 3.8) is 0 Å². The van der Waals surface area contributed by atoms with Gasteiger partial charge in [0.25, 0.3) is 0 Å².